The highest BCUT2D eigenvalue weighted by atomic mass is 16.5. The van der Waals surface area contributed by atoms with E-state index in [1.165, 1.54) is 0 Å². The number of carbonyl (C=O) groups is 2. The van der Waals surface area contributed by atoms with E-state index in [0.29, 0.717) is 37.9 Å². The Kier molecular flexibility index (Phi) is 7.11. The maximum absolute atomic E-state index is 12.5. The summed E-state index contributed by atoms with van der Waals surface area (Å²) in [6.45, 7) is 3.03. The number of piperazine rings is 1. The Balaban J connectivity index is 1.40. The summed E-state index contributed by atoms with van der Waals surface area (Å²) in [7, 11) is 3.25. The van der Waals surface area contributed by atoms with Crippen molar-refractivity contribution in [2.45, 2.75) is 19.3 Å². The number of Topliss-reactive ketones (excluding diaryl/α,β-unsaturated/α-hetero) is 1. The molecule has 1 amide bonds. The van der Waals surface area contributed by atoms with Crippen LogP contribution in [0.5, 0.6) is 11.5 Å². The minimum Gasteiger partial charge on any atom is -0.497 e. The molecule has 0 bridgehead atoms. The zero-order valence-corrected chi connectivity index (χ0v) is 17.1. The number of carbonyl (C=O) groups excluding carboxylic acids is 2. The zero-order chi connectivity index (χ0) is 20.6. The summed E-state index contributed by atoms with van der Waals surface area (Å²) in [5, 5.41) is 0. The number of ether oxygens (including phenoxy) is 2. The highest BCUT2D eigenvalue weighted by Gasteiger charge is 2.21. The van der Waals surface area contributed by atoms with E-state index in [2.05, 4.69) is 4.90 Å². The van der Waals surface area contributed by atoms with Crippen LogP contribution in [0.25, 0.3) is 0 Å². The van der Waals surface area contributed by atoms with Crippen molar-refractivity contribution < 1.29 is 19.1 Å². The predicted octanol–water partition coefficient (Wildman–Crippen LogP) is 3.41. The first-order valence-corrected chi connectivity index (χ1v) is 9.94. The molecular weight excluding hydrogens is 368 g/mol. The average molecular weight is 396 g/mol. The number of benzene rings is 2. The van der Waals surface area contributed by atoms with E-state index in [9.17, 15) is 9.59 Å². The second-order valence-electron chi connectivity index (χ2n) is 7.07. The fourth-order valence-electron chi connectivity index (χ4n) is 3.49. The molecule has 0 unspecified atom stereocenters. The van der Waals surface area contributed by atoms with Gasteiger partial charge in [0.25, 0.3) is 0 Å². The lowest BCUT2D eigenvalue weighted by Crippen LogP contribution is -2.48. The third-order valence-corrected chi connectivity index (χ3v) is 5.28. The van der Waals surface area contributed by atoms with Gasteiger partial charge in [0, 0.05) is 50.3 Å². The molecule has 0 saturated carbocycles. The van der Waals surface area contributed by atoms with Gasteiger partial charge in [-0.3, -0.25) is 9.59 Å². The van der Waals surface area contributed by atoms with Gasteiger partial charge in [-0.15, -0.1) is 0 Å². The van der Waals surface area contributed by atoms with Crippen molar-refractivity contribution in [3.8, 4) is 11.5 Å². The van der Waals surface area contributed by atoms with Crippen LogP contribution >= 0.6 is 0 Å². The molecule has 1 saturated heterocycles. The molecule has 1 heterocycles. The van der Waals surface area contributed by atoms with Crippen LogP contribution in [0.3, 0.4) is 0 Å². The molecule has 29 heavy (non-hydrogen) atoms. The highest BCUT2D eigenvalue weighted by molar-refractivity contribution is 5.96. The largest absolute Gasteiger partial charge is 0.497 e. The van der Waals surface area contributed by atoms with Crippen molar-refractivity contribution in [2.75, 3.05) is 45.3 Å². The Morgan fingerprint density at radius 2 is 1.34 bits per heavy atom. The lowest BCUT2D eigenvalue weighted by molar-refractivity contribution is -0.131. The van der Waals surface area contributed by atoms with Gasteiger partial charge in [-0.2, -0.15) is 0 Å². The van der Waals surface area contributed by atoms with Crippen LogP contribution in [0.4, 0.5) is 5.69 Å². The van der Waals surface area contributed by atoms with Gasteiger partial charge in [-0.1, -0.05) is 0 Å². The number of methoxy groups -OCH3 is 2. The van der Waals surface area contributed by atoms with E-state index in [1.807, 2.05) is 29.2 Å². The number of nitrogens with zero attached hydrogens (tertiary/aromatic N) is 2. The van der Waals surface area contributed by atoms with E-state index in [1.54, 1.807) is 38.5 Å². The first-order valence-electron chi connectivity index (χ1n) is 9.94. The molecular formula is C23H28N2O4. The smallest absolute Gasteiger partial charge is 0.222 e. The summed E-state index contributed by atoms with van der Waals surface area (Å²) in [6.07, 6.45) is 1.36. The molecule has 1 fully saturated rings. The third-order valence-electron chi connectivity index (χ3n) is 5.28. The molecule has 0 N–H and O–H groups in total. The van der Waals surface area contributed by atoms with E-state index in [0.717, 1.165) is 30.3 Å². The number of amides is 1. The molecule has 6 nitrogen and oxygen atoms in total. The van der Waals surface area contributed by atoms with E-state index in [-0.39, 0.29) is 11.7 Å². The summed E-state index contributed by atoms with van der Waals surface area (Å²) in [5.74, 6) is 1.75. The molecule has 1 aliphatic heterocycles. The highest BCUT2D eigenvalue weighted by Crippen LogP contribution is 2.21. The summed E-state index contributed by atoms with van der Waals surface area (Å²) in [5.41, 5.74) is 1.80. The van der Waals surface area contributed by atoms with Gasteiger partial charge in [-0.05, 0) is 55.0 Å². The van der Waals surface area contributed by atoms with Crippen molar-refractivity contribution in [2.24, 2.45) is 0 Å². The summed E-state index contributed by atoms with van der Waals surface area (Å²) in [4.78, 5) is 28.9. The monoisotopic (exact) mass is 396 g/mol. The summed E-state index contributed by atoms with van der Waals surface area (Å²) in [6, 6.07) is 15.1. The maximum Gasteiger partial charge on any atom is 0.222 e. The van der Waals surface area contributed by atoms with Crippen molar-refractivity contribution >= 4 is 17.4 Å². The summed E-state index contributed by atoms with van der Waals surface area (Å²) >= 11 is 0. The van der Waals surface area contributed by atoms with E-state index >= 15 is 0 Å². The average Bonchev–Trinajstić information content (AvgIpc) is 2.79. The number of hydrogen-bond acceptors (Lipinski definition) is 5. The Morgan fingerprint density at radius 3 is 1.90 bits per heavy atom. The van der Waals surface area contributed by atoms with E-state index < -0.39 is 0 Å². The van der Waals surface area contributed by atoms with Gasteiger partial charge in [0.05, 0.1) is 14.2 Å². The Hall–Kier alpha value is -3.02. The second-order valence-corrected chi connectivity index (χ2v) is 7.07. The van der Waals surface area contributed by atoms with Gasteiger partial charge in [-0.25, -0.2) is 0 Å². The maximum atomic E-state index is 12.5. The van der Waals surface area contributed by atoms with Crippen molar-refractivity contribution in [3.05, 3.63) is 54.1 Å². The quantitative estimate of drug-likeness (QED) is 0.640. The molecule has 6 heteroatoms. The van der Waals surface area contributed by atoms with Crippen LogP contribution in [-0.4, -0.2) is 57.0 Å². The van der Waals surface area contributed by atoms with E-state index in [4.69, 9.17) is 9.47 Å². The first-order chi connectivity index (χ1) is 14.1. The molecule has 0 aromatic heterocycles. The van der Waals surface area contributed by atoms with Crippen LogP contribution in [0.2, 0.25) is 0 Å². The normalized spacial score (nSPS) is 13.9. The standard InChI is InChI=1S/C23H28N2O4/c1-28-20-10-6-18(7-11-20)22(26)4-3-5-23(27)25-16-14-24(15-17-25)19-8-12-21(29-2)13-9-19/h6-13H,3-5,14-17H2,1-2H3. The first kappa shape index (κ1) is 20.7. The molecule has 0 aliphatic carbocycles. The van der Waals surface area contributed by atoms with Crippen molar-refractivity contribution in [1.82, 2.24) is 4.90 Å². The number of rotatable bonds is 8. The fourth-order valence-corrected chi connectivity index (χ4v) is 3.49. The molecule has 0 spiro atoms. The summed E-state index contributed by atoms with van der Waals surface area (Å²) < 4.78 is 10.3. The zero-order valence-electron chi connectivity index (χ0n) is 17.1. The Morgan fingerprint density at radius 1 is 0.793 bits per heavy atom. The Labute approximate surface area is 172 Å². The lowest BCUT2D eigenvalue weighted by atomic mass is 10.0. The second kappa shape index (κ2) is 9.96. The molecule has 2 aromatic rings. The van der Waals surface area contributed by atoms with Crippen LogP contribution in [0.1, 0.15) is 29.6 Å². The van der Waals surface area contributed by atoms with Crippen molar-refractivity contribution in [1.29, 1.82) is 0 Å². The molecule has 154 valence electrons. The molecule has 1 aliphatic rings. The molecule has 2 aromatic carbocycles. The van der Waals surface area contributed by atoms with Crippen LogP contribution < -0.4 is 14.4 Å². The van der Waals surface area contributed by atoms with Crippen LogP contribution in [0.15, 0.2) is 48.5 Å². The predicted molar refractivity (Wildman–Crippen MR) is 113 cm³/mol. The topological polar surface area (TPSA) is 59.1 Å². The van der Waals surface area contributed by atoms with Crippen LogP contribution in [-0.2, 0) is 4.79 Å². The molecule has 0 atom stereocenters. The molecule has 0 radical (unpaired) electrons. The third kappa shape index (κ3) is 5.50. The minimum absolute atomic E-state index is 0.0600. The van der Waals surface area contributed by atoms with Gasteiger partial charge < -0.3 is 19.3 Å². The van der Waals surface area contributed by atoms with Gasteiger partial charge >= 0.3 is 0 Å². The van der Waals surface area contributed by atoms with Gasteiger partial charge in [0.2, 0.25) is 5.91 Å². The fraction of sp³-hybridized carbons (Fsp3) is 0.391. The minimum atomic E-state index is 0.0600. The lowest BCUT2D eigenvalue weighted by Gasteiger charge is -2.36. The number of anilines is 1. The Bertz CT molecular complexity index is 810. The number of ketones is 1. The number of hydrogen-bond donors (Lipinski definition) is 0. The molecule has 3 rings (SSSR count). The van der Waals surface area contributed by atoms with Gasteiger partial charge in [0.1, 0.15) is 11.5 Å². The van der Waals surface area contributed by atoms with Gasteiger partial charge in [0.15, 0.2) is 5.78 Å². The SMILES string of the molecule is COc1ccc(C(=O)CCCC(=O)N2CCN(c3ccc(OC)cc3)CC2)cc1. The van der Waals surface area contributed by atoms with Crippen molar-refractivity contribution in [3.63, 3.8) is 0 Å². The van der Waals surface area contributed by atoms with Crippen LogP contribution in [0, 0.1) is 0 Å².